The molecule has 1 amide bonds. The van der Waals surface area contributed by atoms with Crippen molar-refractivity contribution < 1.29 is 9.53 Å². The molecule has 0 radical (unpaired) electrons. The van der Waals surface area contributed by atoms with Crippen molar-refractivity contribution in [3.8, 4) is 0 Å². The first-order valence-electron chi connectivity index (χ1n) is 4.73. The largest absolute Gasteiger partial charge is 0.385 e. The van der Waals surface area contributed by atoms with Crippen LogP contribution in [0.5, 0.6) is 0 Å². The Morgan fingerprint density at radius 2 is 2.40 bits per heavy atom. The smallest absolute Gasteiger partial charge is 0.270 e. The van der Waals surface area contributed by atoms with Gasteiger partial charge in [-0.3, -0.25) is 4.79 Å². The van der Waals surface area contributed by atoms with Gasteiger partial charge < -0.3 is 14.6 Å². The van der Waals surface area contributed by atoms with Crippen molar-refractivity contribution in [2.45, 2.75) is 6.42 Å². The van der Waals surface area contributed by atoms with Crippen molar-refractivity contribution in [1.29, 1.82) is 0 Å². The van der Waals surface area contributed by atoms with Gasteiger partial charge >= 0.3 is 0 Å². The van der Waals surface area contributed by atoms with E-state index in [-0.39, 0.29) is 5.91 Å². The van der Waals surface area contributed by atoms with Crippen molar-refractivity contribution in [3.05, 3.63) is 22.4 Å². The summed E-state index contributed by atoms with van der Waals surface area (Å²) in [4.78, 5) is 16.4. The number of carbonyl (C=O) groups excluding carboxylic acids is 1. The minimum Gasteiger partial charge on any atom is -0.385 e. The summed E-state index contributed by atoms with van der Waals surface area (Å²) in [5.41, 5.74) is 0.599. The Balaban J connectivity index is 2.46. The number of aromatic amines is 1. The SMILES string of the molecule is COCCCN(C)C(=O)c1cc(Br)c[nH]1. The zero-order chi connectivity index (χ0) is 11.3. The molecule has 0 bridgehead atoms. The van der Waals surface area contributed by atoms with Gasteiger partial charge in [-0.15, -0.1) is 0 Å². The number of carbonyl (C=O) groups is 1. The van der Waals surface area contributed by atoms with E-state index in [9.17, 15) is 4.79 Å². The van der Waals surface area contributed by atoms with E-state index < -0.39 is 0 Å². The summed E-state index contributed by atoms with van der Waals surface area (Å²) < 4.78 is 5.81. The fraction of sp³-hybridized carbons (Fsp3) is 0.500. The number of halogens is 1. The van der Waals surface area contributed by atoms with Crippen LogP contribution in [0.25, 0.3) is 0 Å². The molecule has 0 aliphatic rings. The highest BCUT2D eigenvalue weighted by molar-refractivity contribution is 9.10. The van der Waals surface area contributed by atoms with Crippen molar-refractivity contribution >= 4 is 21.8 Å². The fourth-order valence-electron chi connectivity index (χ4n) is 1.24. The lowest BCUT2D eigenvalue weighted by Gasteiger charge is -2.15. The second kappa shape index (κ2) is 5.92. The van der Waals surface area contributed by atoms with Crippen molar-refractivity contribution in [3.63, 3.8) is 0 Å². The van der Waals surface area contributed by atoms with Gasteiger partial charge in [-0.25, -0.2) is 0 Å². The number of rotatable bonds is 5. The number of methoxy groups -OCH3 is 1. The summed E-state index contributed by atoms with van der Waals surface area (Å²) >= 11 is 3.29. The maximum Gasteiger partial charge on any atom is 0.270 e. The van der Waals surface area contributed by atoms with E-state index in [2.05, 4.69) is 20.9 Å². The molecule has 0 unspecified atom stereocenters. The quantitative estimate of drug-likeness (QED) is 0.834. The van der Waals surface area contributed by atoms with Crippen LogP contribution in [-0.4, -0.2) is 43.1 Å². The van der Waals surface area contributed by atoms with Gasteiger partial charge in [-0.2, -0.15) is 0 Å². The molecule has 0 saturated heterocycles. The Morgan fingerprint density at radius 3 is 2.93 bits per heavy atom. The van der Waals surface area contributed by atoms with Crippen LogP contribution in [0.3, 0.4) is 0 Å². The number of nitrogens with zero attached hydrogens (tertiary/aromatic N) is 1. The summed E-state index contributed by atoms with van der Waals surface area (Å²) in [7, 11) is 3.44. The topological polar surface area (TPSA) is 45.3 Å². The first-order chi connectivity index (χ1) is 7.15. The predicted octanol–water partition coefficient (Wildman–Crippen LogP) is 1.89. The molecule has 1 N–H and O–H groups in total. The third-order valence-electron chi connectivity index (χ3n) is 2.07. The normalized spacial score (nSPS) is 10.3. The first kappa shape index (κ1) is 12.3. The number of ether oxygens (including phenoxy) is 1. The minimum absolute atomic E-state index is 0.00296. The standard InChI is InChI=1S/C10H15BrN2O2/c1-13(4-3-5-15-2)10(14)9-6-8(11)7-12-9/h6-7,12H,3-5H2,1-2H3. The number of nitrogens with one attached hydrogen (secondary N) is 1. The van der Waals surface area contributed by atoms with Gasteiger partial charge in [0.05, 0.1) is 0 Å². The van der Waals surface area contributed by atoms with E-state index in [1.54, 1.807) is 31.3 Å². The zero-order valence-electron chi connectivity index (χ0n) is 8.92. The van der Waals surface area contributed by atoms with Crippen LogP contribution in [-0.2, 0) is 4.74 Å². The molecule has 0 saturated carbocycles. The second-order valence-corrected chi connectivity index (χ2v) is 4.22. The monoisotopic (exact) mass is 274 g/mol. The number of hydrogen-bond donors (Lipinski definition) is 1. The predicted molar refractivity (Wildman–Crippen MR) is 61.9 cm³/mol. The van der Waals surface area contributed by atoms with Gasteiger partial charge in [0, 0.05) is 38.0 Å². The fourth-order valence-corrected chi connectivity index (χ4v) is 1.59. The molecular formula is C10H15BrN2O2. The molecule has 1 rings (SSSR count). The van der Waals surface area contributed by atoms with Crippen LogP contribution in [0, 0.1) is 0 Å². The minimum atomic E-state index is -0.00296. The third kappa shape index (κ3) is 3.68. The van der Waals surface area contributed by atoms with Gasteiger partial charge in [0.2, 0.25) is 0 Å². The van der Waals surface area contributed by atoms with E-state index in [1.165, 1.54) is 0 Å². The molecule has 1 aromatic heterocycles. The molecule has 0 spiro atoms. The molecule has 84 valence electrons. The highest BCUT2D eigenvalue weighted by atomic mass is 79.9. The van der Waals surface area contributed by atoms with Crippen LogP contribution in [0.2, 0.25) is 0 Å². The van der Waals surface area contributed by atoms with E-state index in [1.807, 2.05) is 0 Å². The molecule has 0 atom stereocenters. The molecule has 0 aromatic carbocycles. The highest BCUT2D eigenvalue weighted by Gasteiger charge is 2.12. The van der Waals surface area contributed by atoms with Gasteiger partial charge in [0.1, 0.15) is 5.69 Å². The maximum atomic E-state index is 11.8. The highest BCUT2D eigenvalue weighted by Crippen LogP contribution is 2.11. The molecule has 0 fully saturated rings. The molecule has 4 nitrogen and oxygen atoms in total. The van der Waals surface area contributed by atoms with Gasteiger partial charge in [-0.05, 0) is 28.4 Å². The van der Waals surface area contributed by atoms with Gasteiger partial charge in [-0.1, -0.05) is 0 Å². The van der Waals surface area contributed by atoms with Crippen LogP contribution >= 0.6 is 15.9 Å². The molecule has 15 heavy (non-hydrogen) atoms. The summed E-state index contributed by atoms with van der Waals surface area (Å²) in [6, 6.07) is 1.77. The molecule has 0 aliphatic heterocycles. The number of amides is 1. The van der Waals surface area contributed by atoms with E-state index >= 15 is 0 Å². The molecule has 0 aliphatic carbocycles. The first-order valence-corrected chi connectivity index (χ1v) is 5.52. The van der Waals surface area contributed by atoms with Gasteiger partial charge in [0.25, 0.3) is 5.91 Å². The number of H-pyrrole nitrogens is 1. The average Bonchev–Trinajstić information content (AvgIpc) is 2.64. The van der Waals surface area contributed by atoms with Crippen LogP contribution in [0.1, 0.15) is 16.9 Å². The van der Waals surface area contributed by atoms with E-state index in [0.717, 1.165) is 10.9 Å². The number of hydrogen-bond acceptors (Lipinski definition) is 2. The molecule has 1 aromatic rings. The van der Waals surface area contributed by atoms with Crippen molar-refractivity contribution in [2.75, 3.05) is 27.3 Å². The Hall–Kier alpha value is -0.810. The summed E-state index contributed by atoms with van der Waals surface area (Å²) in [5.74, 6) is -0.00296. The average molecular weight is 275 g/mol. The Labute approximate surface area is 97.7 Å². The van der Waals surface area contributed by atoms with E-state index in [0.29, 0.717) is 18.8 Å². The van der Waals surface area contributed by atoms with Crippen LogP contribution < -0.4 is 0 Å². The summed E-state index contributed by atoms with van der Waals surface area (Å²) in [6.07, 6.45) is 2.59. The Morgan fingerprint density at radius 1 is 1.67 bits per heavy atom. The maximum absolute atomic E-state index is 11.8. The third-order valence-corrected chi connectivity index (χ3v) is 2.52. The van der Waals surface area contributed by atoms with E-state index in [4.69, 9.17) is 4.74 Å². The Kier molecular flexibility index (Phi) is 4.84. The van der Waals surface area contributed by atoms with Crippen LogP contribution in [0.15, 0.2) is 16.7 Å². The van der Waals surface area contributed by atoms with Crippen molar-refractivity contribution in [1.82, 2.24) is 9.88 Å². The Bertz CT molecular complexity index is 325. The van der Waals surface area contributed by atoms with Crippen LogP contribution in [0.4, 0.5) is 0 Å². The van der Waals surface area contributed by atoms with Crippen molar-refractivity contribution in [2.24, 2.45) is 0 Å². The lowest BCUT2D eigenvalue weighted by Crippen LogP contribution is -2.28. The molecular weight excluding hydrogens is 260 g/mol. The summed E-state index contributed by atoms with van der Waals surface area (Å²) in [6.45, 7) is 1.37. The number of aromatic nitrogens is 1. The van der Waals surface area contributed by atoms with Gasteiger partial charge in [0.15, 0.2) is 0 Å². The molecule has 5 heteroatoms. The lowest BCUT2D eigenvalue weighted by molar-refractivity contribution is 0.0774. The second-order valence-electron chi connectivity index (χ2n) is 3.30. The summed E-state index contributed by atoms with van der Waals surface area (Å²) in [5, 5.41) is 0. The zero-order valence-corrected chi connectivity index (χ0v) is 10.5. The molecule has 1 heterocycles. The lowest BCUT2D eigenvalue weighted by atomic mass is 10.3.